The van der Waals surface area contributed by atoms with Crippen molar-refractivity contribution < 1.29 is 4.79 Å². The van der Waals surface area contributed by atoms with Crippen molar-refractivity contribution >= 4 is 6.03 Å². The maximum Gasteiger partial charge on any atom is 0.314 e. The summed E-state index contributed by atoms with van der Waals surface area (Å²) in [7, 11) is 0. The van der Waals surface area contributed by atoms with Crippen molar-refractivity contribution in [1.29, 1.82) is 0 Å². The van der Waals surface area contributed by atoms with Gasteiger partial charge in [0.1, 0.15) is 0 Å². The van der Waals surface area contributed by atoms with E-state index in [1.807, 2.05) is 13.8 Å². The molecular weight excluding hydrogens is 152 g/mol. The Morgan fingerprint density at radius 2 is 2.00 bits per heavy atom. The molecule has 0 rings (SSSR count). The quantitative estimate of drug-likeness (QED) is 0.653. The van der Waals surface area contributed by atoms with E-state index in [9.17, 15) is 4.79 Å². The molecule has 0 radical (unpaired) electrons. The first-order valence-electron chi connectivity index (χ1n) is 4.75. The van der Waals surface area contributed by atoms with Gasteiger partial charge < -0.3 is 10.6 Å². The van der Waals surface area contributed by atoms with Crippen LogP contribution in [0.4, 0.5) is 4.79 Å². The van der Waals surface area contributed by atoms with E-state index in [-0.39, 0.29) is 12.1 Å². The van der Waals surface area contributed by atoms with Crippen LogP contribution in [0.1, 0.15) is 40.0 Å². The maximum atomic E-state index is 11.1. The zero-order valence-electron chi connectivity index (χ0n) is 8.31. The van der Waals surface area contributed by atoms with Crippen LogP contribution in [-0.2, 0) is 0 Å². The lowest BCUT2D eigenvalue weighted by Crippen LogP contribution is -2.40. The Hall–Kier alpha value is -0.730. The number of hydrogen-bond acceptors (Lipinski definition) is 1. The summed E-state index contributed by atoms with van der Waals surface area (Å²) in [6, 6.07) is 0.240. The Labute approximate surface area is 74.9 Å². The second-order valence-electron chi connectivity index (χ2n) is 3.09. The topological polar surface area (TPSA) is 41.1 Å². The first-order valence-corrected chi connectivity index (χ1v) is 4.75. The molecule has 2 N–H and O–H groups in total. The summed E-state index contributed by atoms with van der Waals surface area (Å²) < 4.78 is 0. The lowest BCUT2D eigenvalue weighted by Gasteiger charge is -2.12. The highest BCUT2D eigenvalue weighted by molar-refractivity contribution is 5.74. The lowest BCUT2D eigenvalue weighted by molar-refractivity contribution is 0.237. The van der Waals surface area contributed by atoms with Crippen molar-refractivity contribution in [2.24, 2.45) is 0 Å². The zero-order valence-corrected chi connectivity index (χ0v) is 8.31. The van der Waals surface area contributed by atoms with Crippen molar-refractivity contribution in [3.8, 4) is 0 Å². The van der Waals surface area contributed by atoms with E-state index in [1.54, 1.807) is 0 Å². The van der Waals surface area contributed by atoms with Gasteiger partial charge in [-0.15, -0.1) is 0 Å². The minimum absolute atomic E-state index is 0.0437. The smallest absolute Gasteiger partial charge is 0.314 e. The van der Waals surface area contributed by atoms with E-state index in [0.717, 1.165) is 25.8 Å². The SMILES string of the molecule is CCCNC(=O)NC(C)CCC. The molecule has 0 aromatic heterocycles. The molecular formula is C9H20N2O. The monoisotopic (exact) mass is 172 g/mol. The van der Waals surface area contributed by atoms with Crippen LogP contribution in [0, 0.1) is 0 Å². The van der Waals surface area contributed by atoms with Crippen LogP contribution < -0.4 is 10.6 Å². The summed E-state index contributed by atoms with van der Waals surface area (Å²) in [5.74, 6) is 0. The van der Waals surface area contributed by atoms with Gasteiger partial charge in [0.05, 0.1) is 0 Å². The predicted molar refractivity (Wildman–Crippen MR) is 51.2 cm³/mol. The second kappa shape index (κ2) is 6.95. The van der Waals surface area contributed by atoms with Crippen molar-refractivity contribution in [2.75, 3.05) is 6.54 Å². The average molecular weight is 172 g/mol. The minimum Gasteiger partial charge on any atom is -0.338 e. The van der Waals surface area contributed by atoms with Gasteiger partial charge in [-0.3, -0.25) is 0 Å². The molecule has 0 aliphatic heterocycles. The van der Waals surface area contributed by atoms with Crippen LogP contribution in [0.15, 0.2) is 0 Å². The fourth-order valence-electron chi connectivity index (χ4n) is 1.02. The average Bonchev–Trinajstić information content (AvgIpc) is 2.01. The zero-order chi connectivity index (χ0) is 9.40. The standard InChI is InChI=1S/C9H20N2O/c1-4-6-8(3)11-9(12)10-7-5-2/h8H,4-7H2,1-3H3,(H2,10,11,12). The Kier molecular flexibility index (Phi) is 6.53. The largest absolute Gasteiger partial charge is 0.338 e. The number of carbonyl (C=O) groups excluding carboxylic acids is 1. The molecule has 0 aliphatic rings. The molecule has 0 saturated heterocycles. The van der Waals surface area contributed by atoms with Crippen LogP contribution in [0.3, 0.4) is 0 Å². The molecule has 3 nitrogen and oxygen atoms in total. The highest BCUT2D eigenvalue weighted by Gasteiger charge is 2.03. The number of carbonyl (C=O) groups is 1. The van der Waals surface area contributed by atoms with Gasteiger partial charge in [-0.1, -0.05) is 20.3 Å². The van der Waals surface area contributed by atoms with Gasteiger partial charge in [-0.2, -0.15) is 0 Å². The fraction of sp³-hybridized carbons (Fsp3) is 0.889. The Morgan fingerprint density at radius 3 is 2.50 bits per heavy atom. The number of nitrogens with one attached hydrogen (secondary N) is 2. The van der Waals surface area contributed by atoms with E-state index >= 15 is 0 Å². The molecule has 0 aliphatic carbocycles. The van der Waals surface area contributed by atoms with E-state index in [0.29, 0.717) is 0 Å². The molecule has 12 heavy (non-hydrogen) atoms. The van der Waals surface area contributed by atoms with Crippen LogP contribution in [0.25, 0.3) is 0 Å². The Morgan fingerprint density at radius 1 is 1.33 bits per heavy atom. The third-order valence-electron chi connectivity index (χ3n) is 1.63. The molecule has 0 fully saturated rings. The molecule has 1 atom stereocenters. The molecule has 0 aromatic carbocycles. The molecule has 72 valence electrons. The van der Waals surface area contributed by atoms with Crippen molar-refractivity contribution in [3.63, 3.8) is 0 Å². The third-order valence-corrected chi connectivity index (χ3v) is 1.63. The number of urea groups is 1. The first kappa shape index (κ1) is 11.3. The molecule has 0 aromatic rings. The molecule has 0 saturated carbocycles. The normalized spacial score (nSPS) is 12.2. The van der Waals surface area contributed by atoms with Crippen LogP contribution >= 0.6 is 0 Å². The molecule has 0 bridgehead atoms. The summed E-state index contributed by atoms with van der Waals surface area (Å²) in [6.45, 7) is 6.93. The molecule has 2 amide bonds. The van der Waals surface area contributed by atoms with Crippen LogP contribution in [0.5, 0.6) is 0 Å². The highest BCUT2D eigenvalue weighted by atomic mass is 16.2. The van der Waals surface area contributed by atoms with Gasteiger partial charge in [-0.25, -0.2) is 4.79 Å². The minimum atomic E-state index is -0.0437. The lowest BCUT2D eigenvalue weighted by atomic mass is 10.2. The summed E-state index contributed by atoms with van der Waals surface area (Å²) in [5.41, 5.74) is 0. The van der Waals surface area contributed by atoms with Gasteiger partial charge in [-0.05, 0) is 19.8 Å². The van der Waals surface area contributed by atoms with Crippen molar-refractivity contribution in [1.82, 2.24) is 10.6 Å². The molecule has 0 heterocycles. The van der Waals surface area contributed by atoms with Crippen LogP contribution in [0.2, 0.25) is 0 Å². The van der Waals surface area contributed by atoms with Crippen molar-refractivity contribution in [3.05, 3.63) is 0 Å². The Bertz CT molecular complexity index is 126. The predicted octanol–water partition coefficient (Wildman–Crippen LogP) is 1.88. The molecule has 0 spiro atoms. The fourth-order valence-corrected chi connectivity index (χ4v) is 1.02. The van der Waals surface area contributed by atoms with Gasteiger partial charge in [0.15, 0.2) is 0 Å². The van der Waals surface area contributed by atoms with Gasteiger partial charge >= 0.3 is 6.03 Å². The summed E-state index contributed by atoms with van der Waals surface area (Å²) in [4.78, 5) is 11.1. The van der Waals surface area contributed by atoms with Crippen molar-refractivity contribution in [2.45, 2.75) is 46.1 Å². The number of amides is 2. The Balaban J connectivity index is 3.40. The van der Waals surface area contributed by atoms with Crippen LogP contribution in [-0.4, -0.2) is 18.6 Å². The molecule has 3 heteroatoms. The van der Waals surface area contributed by atoms with E-state index in [2.05, 4.69) is 17.6 Å². The van der Waals surface area contributed by atoms with Gasteiger partial charge in [0.25, 0.3) is 0 Å². The van der Waals surface area contributed by atoms with E-state index in [4.69, 9.17) is 0 Å². The second-order valence-corrected chi connectivity index (χ2v) is 3.09. The number of rotatable bonds is 5. The first-order chi connectivity index (χ1) is 5.70. The van der Waals surface area contributed by atoms with E-state index in [1.165, 1.54) is 0 Å². The van der Waals surface area contributed by atoms with Gasteiger partial charge in [0.2, 0.25) is 0 Å². The third kappa shape index (κ3) is 6.01. The molecule has 1 unspecified atom stereocenters. The summed E-state index contributed by atoms with van der Waals surface area (Å²) >= 11 is 0. The summed E-state index contributed by atoms with van der Waals surface area (Å²) in [5, 5.41) is 5.64. The van der Waals surface area contributed by atoms with Gasteiger partial charge in [0, 0.05) is 12.6 Å². The maximum absolute atomic E-state index is 11.1. The number of hydrogen-bond donors (Lipinski definition) is 2. The highest BCUT2D eigenvalue weighted by Crippen LogP contribution is 1.93. The summed E-state index contributed by atoms with van der Waals surface area (Å²) in [6.07, 6.45) is 3.13. The van der Waals surface area contributed by atoms with E-state index < -0.39 is 0 Å².